The molecule has 0 unspecified atom stereocenters. The molecule has 0 amide bonds. The molecule has 1 aliphatic rings. The molecular weight excluding hydrogens is 371 g/mol. The van der Waals surface area contributed by atoms with E-state index in [-0.39, 0.29) is 11.5 Å². The number of ketones is 1. The van der Waals surface area contributed by atoms with Crippen LogP contribution in [0.15, 0.2) is 52.6 Å². The van der Waals surface area contributed by atoms with Crippen molar-refractivity contribution < 1.29 is 13.9 Å². The summed E-state index contributed by atoms with van der Waals surface area (Å²) >= 11 is 12.2. The Labute approximate surface area is 160 Å². The van der Waals surface area contributed by atoms with E-state index >= 15 is 0 Å². The van der Waals surface area contributed by atoms with Crippen LogP contribution in [0.5, 0.6) is 5.75 Å². The SMILES string of the molecule is Cc1cc2c(cc1C)C(=O)/C(=C/c1ccc(-c3cc(Cl)ccc3Cl)o1)O2. The van der Waals surface area contributed by atoms with Crippen LogP contribution in [-0.4, -0.2) is 5.78 Å². The van der Waals surface area contributed by atoms with Gasteiger partial charge in [0.25, 0.3) is 0 Å². The third-order valence-electron chi connectivity index (χ3n) is 4.38. The molecule has 0 N–H and O–H groups in total. The average Bonchev–Trinajstić information content (AvgIpc) is 3.17. The monoisotopic (exact) mass is 384 g/mol. The first kappa shape index (κ1) is 17.0. The number of allylic oxidation sites excluding steroid dienone is 1. The van der Waals surface area contributed by atoms with Crippen LogP contribution >= 0.6 is 23.2 Å². The van der Waals surface area contributed by atoms with Gasteiger partial charge in [0.1, 0.15) is 17.3 Å². The molecule has 4 rings (SSSR count). The van der Waals surface area contributed by atoms with Crippen LogP contribution in [0.1, 0.15) is 27.2 Å². The Morgan fingerprint density at radius 2 is 1.69 bits per heavy atom. The first-order valence-corrected chi connectivity index (χ1v) is 8.79. The number of benzene rings is 2. The standard InChI is InChI=1S/C21H14Cl2O3/c1-11-7-16-19(8-12(11)2)26-20(21(16)24)10-14-4-6-18(25-14)15-9-13(22)3-5-17(15)23/h3-10H,1-2H3/b20-10-. The first-order valence-electron chi connectivity index (χ1n) is 8.03. The van der Waals surface area contributed by atoms with Gasteiger partial charge >= 0.3 is 0 Å². The van der Waals surface area contributed by atoms with E-state index in [1.54, 1.807) is 36.4 Å². The molecule has 26 heavy (non-hydrogen) atoms. The first-order chi connectivity index (χ1) is 12.4. The van der Waals surface area contributed by atoms with Crippen LogP contribution in [0.25, 0.3) is 17.4 Å². The molecule has 3 aromatic rings. The van der Waals surface area contributed by atoms with Gasteiger partial charge in [-0.15, -0.1) is 0 Å². The number of fused-ring (bicyclic) bond motifs is 1. The van der Waals surface area contributed by atoms with Crippen molar-refractivity contribution >= 4 is 35.1 Å². The number of aryl methyl sites for hydroxylation is 2. The van der Waals surface area contributed by atoms with Crippen molar-refractivity contribution in [3.8, 4) is 17.1 Å². The van der Waals surface area contributed by atoms with Crippen molar-refractivity contribution in [1.82, 2.24) is 0 Å². The number of ether oxygens (including phenoxy) is 1. The second-order valence-electron chi connectivity index (χ2n) is 6.20. The largest absolute Gasteiger partial charge is 0.457 e. The molecule has 0 aliphatic carbocycles. The van der Waals surface area contributed by atoms with Crippen molar-refractivity contribution in [2.24, 2.45) is 0 Å². The van der Waals surface area contributed by atoms with E-state index in [0.717, 1.165) is 11.1 Å². The summed E-state index contributed by atoms with van der Waals surface area (Å²) in [7, 11) is 0. The smallest absolute Gasteiger partial charge is 0.232 e. The lowest BCUT2D eigenvalue weighted by molar-refractivity contribution is 0.101. The highest BCUT2D eigenvalue weighted by Crippen LogP contribution is 2.35. The van der Waals surface area contributed by atoms with E-state index in [1.807, 2.05) is 26.0 Å². The summed E-state index contributed by atoms with van der Waals surface area (Å²) < 4.78 is 11.5. The zero-order valence-corrected chi connectivity index (χ0v) is 15.6. The number of carbonyl (C=O) groups excluding carboxylic acids is 1. The molecular formula is C21H14Cl2O3. The quantitative estimate of drug-likeness (QED) is 0.474. The van der Waals surface area contributed by atoms with Crippen molar-refractivity contribution in [3.05, 3.63) is 80.7 Å². The summed E-state index contributed by atoms with van der Waals surface area (Å²) in [5.74, 6) is 1.73. The molecule has 3 nitrogen and oxygen atoms in total. The summed E-state index contributed by atoms with van der Waals surface area (Å²) in [5.41, 5.74) is 3.40. The second kappa shape index (κ2) is 6.35. The maximum absolute atomic E-state index is 12.6. The van der Waals surface area contributed by atoms with Crippen LogP contribution in [0.4, 0.5) is 0 Å². The van der Waals surface area contributed by atoms with Gasteiger partial charge in [-0.05, 0) is 67.4 Å². The highest BCUT2D eigenvalue weighted by molar-refractivity contribution is 6.35. The lowest BCUT2D eigenvalue weighted by Gasteiger charge is -2.02. The number of hydrogen-bond acceptors (Lipinski definition) is 3. The third-order valence-corrected chi connectivity index (χ3v) is 4.94. The summed E-state index contributed by atoms with van der Waals surface area (Å²) in [6, 6.07) is 12.4. The number of Topliss-reactive ketones (excluding diaryl/α,β-unsaturated/α-hetero) is 1. The number of carbonyl (C=O) groups is 1. The van der Waals surface area contributed by atoms with Crippen LogP contribution in [0.3, 0.4) is 0 Å². The molecule has 1 aliphatic heterocycles. The van der Waals surface area contributed by atoms with E-state index in [9.17, 15) is 4.79 Å². The van der Waals surface area contributed by atoms with Gasteiger partial charge in [0, 0.05) is 16.7 Å². The molecule has 0 atom stereocenters. The lowest BCUT2D eigenvalue weighted by atomic mass is 10.0. The van der Waals surface area contributed by atoms with E-state index < -0.39 is 0 Å². The molecule has 0 radical (unpaired) electrons. The van der Waals surface area contributed by atoms with Crippen molar-refractivity contribution in [3.63, 3.8) is 0 Å². The molecule has 2 aromatic carbocycles. The maximum Gasteiger partial charge on any atom is 0.232 e. The molecule has 5 heteroatoms. The van der Waals surface area contributed by atoms with Crippen LogP contribution in [0.2, 0.25) is 10.0 Å². The Bertz CT molecular complexity index is 1080. The number of rotatable bonds is 2. The van der Waals surface area contributed by atoms with Gasteiger partial charge in [0.2, 0.25) is 5.78 Å². The summed E-state index contributed by atoms with van der Waals surface area (Å²) in [6.45, 7) is 3.96. The number of furan rings is 1. The fraction of sp³-hybridized carbons (Fsp3) is 0.0952. The molecule has 0 saturated carbocycles. The Kier molecular flexibility index (Phi) is 4.14. The zero-order valence-electron chi connectivity index (χ0n) is 14.1. The molecule has 2 heterocycles. The van der Waals surface area contributed by atoms with Gasteiger partial charge in [-0.2, -0.15) is 0 Å². The summed E-state index contributed by atoms with van der Waals surface area (Å²) in [6.07, 6.45) is 1.59. The molecule has 0 saturated heterocycles. The van der Waals surface area contributed by atoms with Gasteiger partial charge in [0.15, 0.2) is 5.76 Å². The van der Waals surface area contributed by atoms with Gasteiger partial charge in [-0.25, -0.2) is 0 Å². The predicted octanol–water partition coefficient (Wildman–Crippen LogP) is 6.49. The molecule has 0 fully saturated rings. The highest BCUT2D eigenvalue weighted by atomic mass is 35.5. The average molecular weight is 385 g/mol. The Morgan fingerprint density at radius 1 is 0.923 bits per heavy atom. The normalized spacial score (nSPS) is 14.6. The molecule has 0 spiro atoms. The molecule has 130 valence electrons. The van der Waals surface area contributed by atoms with Gasteiger partial charge in [0.05, 0.1) is 10.6 Å². The van der Waals surface area contributed by atoms with E-state index in [0.29, 0.717) is 38.4 Å². The van der Waals surface area contributed by atoms with Crippen LogP contribution < -0.4 is 4.74 Å². The minimum Gasteiger partial charge on any atom is -0.457 e. The predicted molar refractivity (Wildman–Crippen MR) is 103 cm³/mol. The van der Waals surface area contributed by atoms with Gasteiger partial charge in [-0.1, -0.05) is 23.2 Å². The lowest BCUT2D eigenvalue weighted by Crippen LogP contribution is -1.97. The fourth-order valence-electron chi connectivity index (χ4n) is 2.83. The Morgan fingerprint density at radius 3 is 2.50 bits per heavy atom. The fourth-order valence-corrected chi connectivity index (χ4v) is 3.22. The highest BCUT2D eigenvalue weighted by Gasteiger charge is 2.28. The minimum absolute atomic E-state index is 0.151. The van der Waals surface area contributed by atoms with Crippen LogP contribution in [0, 0.1) is 13.8 Å². The van der Waals surface area contributed by atoms with Gasteiger partial charge < -0.3 is 9.15 Å². The van der Waals surface area contributed by atoms with E-state index in [4.69, 9.17) is 32.4 Å². The second-order valence-corrected chi connectivity index (χ2v) is 7.04. The summed E-state index contributed by atoms with van der Waals surface area (Å²) in [4.78, 5) is 12.6. The number of halogens is 2. The maximum atomic E-state index is 12.6. The third kappa shape index (κ3) is 2.94. The van der Waals surface area contributed by atoms with Crippen molar-refractivity contribution in [2.75, 3.05) is 0 Å². The van der Waals surface area contributed by atoms with E-state index in [1.165, 1.54) is 0 Å². The summed E-state index contributed by atoms with van der Waals surface area (Å²) in [5, 5.41) is 1.10. The molecule has 1 aromatic heterocycles. The van der Waals surface area contributed by atoms with Crippen molar-refractivity contribution in [2.45, 2.75) is 13.8 Å². The number of hydrogen-bond donors (Lipinski definition) is 0. The van der Waals surface area contributed by atoms with Gasteiger partial charge in [-0.3, -0.25) is 4.79 Å². The molecule has 0 bridgehead atoms. The topological polar surface area (TPSA) is 39.4 Å². The van der Waals surface area contributed by atoms with Crippen molar-refractivity contribution in [1.29, 1.82) is 0 Å². The van der Waals surface area contributed by atoms with Crippen LogP contribution in [-0.2, 0) is 0 Å². The Hall–Kier alpha value is -2.49. The van der Waals surface area contributed by atoms with E-state index in [2.05, 4.69) is 0 Å². The minimum atomic E-state index is -0.151. The Balaban J connectivity index is 1.67. The zero-order chi connectivity index (χ0) is 18.4.